The Labute approximate surface area is 108 Å². The topological polar surface area (TPSA) is 58.6 Å². The highest BCUT2D eigenvalue weighted by atomic mass is 16.5. The number of carbonyl (C=O) groups is 1. The van der Waals surface area contributed by atoms with Crippen molar-refractivity contribution in [3.05, 3.63) is 12.7 Å². The van der Waals surface area contributed by atoms with E-state index in [0.29, 0.717) is 12.0 Å². The molecule has 102 valence electrons. The first-order chi connectivity index (χ1) is 8.52. The van der Waals surface area contributed by atoms with Crippen LogP contribution in [-0.2, 0) is 9.53 Å². The molecule has 1 saturated carbocycles. The van der Waals surface area contributed by atoms with Gasteiger partial charge in [0.1, 0.15) is 0 Å². The van der Waals surface area contributed by atoms with Crippen molar-refractivity contribution in [1.29, 1.82) is 0 Å². The average molecular weight is 253 g/mol. The van der Waals surface area contributed by atoms with E-state index >= 15 is 0 Å². The van der Waals surface area contributed by atoms with E-state index in [9.17, 15) is 9.90 Å². The highest BCUT2D eigenvalue weighted by Gasteiger charge is 2.38. The van der Waals surface area contributed by atoms with E-state index in [1.54, 1.807) is 6.92 Å². The number of hydrogen-bond acceptors (Lipinski definition) is 3. The zero-order valence-electron chi connectivity index (χ0n) is 11.0. The molecule has 0 aromatic heterocycles. The third kappa shape index (κ3) is 3.12. The molecule has 4 atom stereocenters. The lowest BCUT2D eigenvalue weighted by atomic mass is 9.81. The van der Waals surface area contributed by atoms with Gasteiger partial charge in [0.25, 0.3) is 0 Å². The first kappa shape index (κ1) is 13.6. The molecule has 1 aliphatic carbocycles. The molecule has 2 fully saturated rings. The quantitative estimate of drug-likeness (QED) is 0.744. The Hall–Kier alpha value is -0.870. The predicted octanol–water partition coefficient (Wildman–Crippen LogP) is 1.39. The molecule has 1 aliphatic heterocycles. The van der Waals surface area contributed by atoms with E-state index in [0.717, 1.165) is 32.3 Å². The minimum Gasteiger partial charge on any atom is -0.386 e. The van der Waals surface area contributed by atoms with Gasteiger partial charge in [-0.15, -0.1) is 6.58 Å². The van der Waals surface area contributed by atoms with Crippen LogP contribution in [0.5, 0.6) is 0 Å². The molecule has 0 aromatic rings. The van der Waals surface area contributed by atoms with Crippen LogP contribution in [0, 0.1) is 5.92 Å². The first-order valence-corrected chi connectivity index (χ1v) is 6.79. The summed E-state index contributed by atoms with van der Waals surface area (Å²) in [5.74, 6) is 0.355. The molecular weight excluding hydrogens is 230 g/mol. The van der Waals surface area contributed by atoms with Crippen LogP contribution in [0.3, 0.4) is 0 Å². The van der Waals surface area contributed by atoms with Gasteiger partial charge < -0.3 is 15.2 Å². The maximum Gasteiger partial charge on any atom is 0.223 e. The van der Waals surface area contributed by atoms with Crippen LogP contribution in [0.4, 0.5) is 0 Å². The predicted molar refractivity (Wildman–Crippen MR) is 69.1 cm³/mol. The SMILES string of the molecule is C=CC(C)(O)CC(=O)NC1CCCC2OCCC12. The van der Waals surface area contributed by atoms with Gasteiger partial charge in [0.15, 0.2) is 0 Å². The maximum absolute atomic E-state index is 11.9. The smallest absolute Gasteiger partial charge is 0.223 e. The fourth-order valence-electron chi connectivity index (χ4n) is 3.01. The molecule has 4 heteroatoms. The van der Waals surface area contributed by atoms with Gasteiger partial charge in [-0.2, -0.15) is 0 Å². The fourth-order valence-corrected chi connectivity index (χ4v) is 3.01. The number of hydrogen-bond donors (Lipinski definition) is 2. The van der Waals surface area contributed by atoms with Crippen LogP contribution in [-0.4, -0.2) is 35.4 Å². The summed E-state index contributed by atoms with van der Waals surface area (Å²) in [6.07, 6.45) is 6.08. The second kappa shape index (κ2) is 5.41. The van der Waals surface area contributed by atoms with Crippen molar-refractivity contribution in [2.24, 2.45) is 5.92 Å². The fraction of sp³-hybridized carbons (Fsp3) is 0.786. The van der Waals surface area contributed by atoms with Crippen LogP contribution in [0.25, 0.3) is 0 Å². The molecule has 4 nitrogen and oxygen atoms in total. The van der Waals surface area contributed by atoms with Crippen LogP contribution < -0.4 is 5.32 Å². The summed E-state index contributed by atoms with van der Waals surface area (Å²) >= 11 is 0. The lowest BCUT2D eigenvalue weighted by Gasteiger charge is -2.33. The highest BCUT2D eigenvalue weighted by Crippen LogP contribution is 2.34. The van der Waals surface area contributed by atoms with Crippen molar-refractivity contribution in [1.82, 2.24) is 5.32 Å². The van der Waals surface area contributed by atoms with Crippen LogP contribution in [0.1, 0.15) is 39.0 Å². The molecule has 0 radical (unpaired) electrons. The summed E-state index contributed by atoms with van der Waals surface area (Å²) in [6, 6.07) is 0.208. The normalized spacial score (nSPS) is 34.4. The summed E-state index contributed by atoms with van der Waals surface area (Å²) in [5.41, 5.74) is -1.12. The summed E-state index contributed by atoms with van der Waals surface area (Å²) in [4.78, 5) is 11.9. The van der Waals surface area contributed by atoms with Crippen molar-refractivity contribution >= 4 is 5.91 Å². The first-order valence-electron chi connectivity index (χ1n) is 6.79. The molecule has 1 heterocycles. The summed E-state index contributed by atoms with van der Waals surface area (Å²) in [5, 5.41) is 12.9. The number of fused-ring (bicyclic) bond motifs is 1. The number of nitrogens with one attached hydrogen (secondary N) is 1. The second-order valence-electron chi connectivity index (χ2n) is 5.70. The van der Waals surface area contributed by atoms with Gasteiger partial charge in [-0.1, -0.05) is 6.08 Å². The van der Waals surface area contributed by atoms with Gasteiger partial charge in [-0.25, -0.2) is 0 Å². The van der Waals surface area contributed by atoms with Gasteiger partial charge in [-0.3, -0.25) is 4.79 Å². The molecule has 2 aliphatic rings. The van der Waals surface area contributed by atoms with Gasteiger partial charge in [0.2, 0.25) is 5.91 Å². The van der Waals surface area contributed by atoms with Gasteiger partial charge in [0, 0.05) is 18.6 Å². The lowest BCUT2D eigenvalue weighted by molar-refractivity contribution is -0.125. The number of ether oxygens (including phenoxy) is 1. The molecule has 2 rings (SSSR count). The summed E-state index contributed by atoms with van der Waals surface area (Å²) in [6.45, 7) is 5.95. The minimum absolute atomic E-state index is 0.0746. The average Bonchev–Trinajstić information content (AvgIpc) is 2.77. The number of carbonyl (C=O) groups excluding carboxylic acids is 1. The van der Waals surface area contributed by atoms with E-state index in [-0.39, 0.29) is 18.4 Å². The van der Waals surface area contributed by atoms with Crippen molar-refractivity contribution in [3.8, 4) is 0 Å². The molecular formula is C14H23NO3. The van der Waals surface area contributed by atoms with Crippen molar-refractivity contribution < 1.29 is 14.6 Å². The second-order valence-corrected chi connectivity index (χ2v) is 5.70. The third-order valence-corrected chi connectivity index (χ3v) is 4.09. The van der Waals surface area contributed by atoms with Crippen molar-refractivity contribution in [2.75, 3.05) is 6.61 Å². The number of aliphatic hydroxyl groups is 1. The Bertz CT molecular complexity index is 327. The lowest BCUT2D eigenvalue weighted by Crippen LogP contribution is -2.47. The molecule has 1 amide bonds. The van der Waals surface area contributed by atoms with Gasteiger partial charge >= 0.3 is 0 Å². The molecule has 18 heavy (non-hydrogen) atoms. The zero-order chi connectivity index (χ0) is 13.2. The molecule has 4 unspecified atom stereocenters. The van der Waals surface area contributed by atoms with E-state index in [4.69, 9.17) is 4.74 Å². The Morgan fingerprint density at radius 2 is 2.33 bits per heavy atom. The van der Waals surface area contributed by atoms with Crippen molar-refractivity contribution in [3.63, 3.8) is 0 Å². The number of amides is 1. The van der Waals surface area contributed by atoms with Gasteiger partial charge in [-0.05, 0) is 32.6 Å². The Morgan fingerprint density at radius 3 is 3.06 bits per heavy atom. The Morgan fingerprint density at radius 1 is 1.56 bits per heavy atom. The largest absolute Gasteiger partial charge is 0.386 e. The van der Waals surface area contributed by atoms with Gasteiger partial charge in [0.05, 0.1) is 18.1 Å². The standard InChI is InChI=1S/C14H23NO3/c1-3-14(2,17)9-13(16)15-11-5-4-6-12-10(11)7-8-18-12/h3,10-12,17H,1,4-9H2,2H3,(H,15,16). The molecule has 1 saturated heterocycles. The zero-order valence-corrected chi connectivity index (χ0v) is 11.0. The van der Waals surface area contributed by atoms with E-state index in [1.807, 2.05) is 0 Å². The molecule has 0 aromatic carbocycles. The molecule has 0 bridgehead atoms. The Kier molecular flexibility index (Phi) is 4.07. The maximum atomic E-state index is 11.9. The monoisotopic (exact) mass is 253 g/mol. The highest BCUT2D eigenvalue weighted by molar-refractivity contribution is 5.77. The third-order valence-electron chi connectivity index (χ3n) is 4.09. The van der Waals surface area contributed by atoms with Crippen LogP contribution in [0.2, 0.25) is 0 Å². The summed E-state index contributed by atoms with van der Waals surface area (Å²) in [7, 11) is 0. The Balaban J connectivity index is 1.88. The molecule has 2 N–H and O–H groups in total. The van der Waals surface area contributed by atoms with Crippen molar-refractivity contribution in [2.45, 2.75) is 56.8 Å². The minimum atomic E-state index is -1.12. The molecule has 0 spiro atoms. The number of rotatable bonds is 4. The van der Waals surface area contributed by atoms with Crippen LogP contribution in [0.15, 0.2) is 12.7 Å². The summed E-state index contributed by atoms with van der Waals surface area (Å²) < 4.78 is 5.67. The van der Waals surface area contributed by atoms with E-state index in [1.165, 1.54) is 6.08 Å². The van der Waals surface area contributed by atoms with E-state index in [2.05, 4.69) is 11.9 Å². The van der Waals surface area contributed by atoms with E-state index < -0.39 is 5.60 Å². The van der Waals surface area contributed by atoms with Crippen LogP contribution >= 0.6 is 0 Å².